The topological polar surface area (TPSA) is 167 Å². The number of carbonyl (C=O) groups excluding carboxylic acids is 3. The van der Waals surface area contributed by atoms with Gasteiger partial charge in [-0.25, -0.2) is 14.2 Å². The summed E-state index contributed by atoms with van der Waals surface area (Å²) in [5.74, 6) is 0.0133. The molecule has 4 aromatic carbocycles. The minimum atomic E-state index is -0.412. The SMILES string of the molecule is O=C(CCCN1CCCC1)Nc1ccc(-n2cc(-c3cccc(NC(=O)Nc4cccc(-c5cn(-c6cccc(NC(=O)CCCN7CCCC7)c6)nn5)c4)c3)nn2)cc1. The van der Waals surface area contributed by atoms with E-state index in [9.17, 15) is 14.4 Å². The first-order chi connectivity index (χ1) is 29.4. The summed E-state index contributed by atoms with van der Waals surface area (Å²) in [4.78, 5) is 43.0. The van der Waals surface area contributed by atoms with Crippen molar-refractivity contribution in [2.45, 2.75) is 51.4 Å². The van der Waals surface area contributed by atoms with Gasteiger partial charge in [-0.3, -0.25) is 9.59 Å². The van der Waals surface area contributed by atoms with E-state index >= 15 is 0 Å². The lowest BCUT2D eigenvalue weighted by Crippen LogP contribution is -2.22. The lowest BCUT2D eigenvalue weighted by molar-refractivity contribution is -0.117. The lowest BCUT2D eigenvalue weighted by atomic mass is 10.1. The molecule has 308 valence electrons. The number of anilines is 4. The molecule has 6 aromatic rings. The predicted molar refractivity (Wildman–Crippen MR) is 233 cm³/mol. The van der Waals surface area contributed by atoms with Crippen molar-refractivity contribution in [2.75, 3.05) is 60.5 Å². The Labute approximate surface area is 349 Å². The van der Waals surface area contributed by atoms with Gasteiger partial charge in [0.25, 0.3) is 0 Å². The van der Waals surface area contributed by atoms with E-state index in [1.807, 2.05) is 97.3 Å². The van der Waals surface area contributed by atoms with Crippen LogP contribution < -0.4 is 21.3 Å². The number of benzene rings is 4. The molecule has 4 amide bonds. The second-order valence-electron chi connectivity index (χ2n) is 15.3. The molecule has 0 unspecified atom stereocenters. The highest BCUT2D eigenvalue weighted by atomic mass is 16.2. The number of nitrogens with one attached hydrogen (secondary N) is 4. The summed E-state index contributed by atoms with van der Waals surface area (Å²) < 4.78 is 3.33. The minimum absolute atomic E-state index is 0.00294. The van der Waals surface area contributed by atoms with E-state index in [1.54, 1.807) is 21.5 Å². The average molecular weight is 807 g/mol. The highest BCUT2D eigenvalue weighted by molar-refractivity contribution is 6.00. The van der Waals surface area contributed by atoms with Crippen LogP contribution in [-0.4, -0.2) is 96.9 Å². The third-order valence-electron chi connectivity index (χ3n) is 10.8. The third kappa shape index (κ3) is 10.9. The van der Waals surface area contributed by atoms with Crippen molar-refractivity contribution >= 4 is 40.6 Å². The van der Waals surface area contributed by atoms with Crippen LogP contribution in [0.5, 0.6) is 0 Å². The smallest absolute Gasteiger partial charge is 0.323 e. The summed E-state index contributed by atoms with van der Waals surface area (Å²) in [5.41, 5.74) is 6.97. The van der Waals surface area contributed by atoms with Crippen LogP contribution in [0.3, 0.4) is 0 Å². The van der Waals surface area contributed by atoms with E-state index in [0.29, 0.717) is 41.3 Å². The van der Waals surface area contributed by atoms with Crippen molar-refractivity contribution in [3.05, 3.63) is 109 Å². The molecule has 0 aliphatic carbocycles. The second-order valence-corrected chi connectivity index (χ2v) is 15.3. The van der Waals surface area contributed by atoms with Crippen LogP contribution in [0.25, 0.3) is 33.9 Å². The van der Waals surface area contributed by atoms with Gasteiger partial charge in [0.1, 0.15) is 11.4 Å². The number of amides is 4. The first kappa shape index (κ1) is 40.1. The van der Waals surface area contributed by atoms with Crippen LogP contribution >= 0.6 is 0 Å². The van der Waals surface area contributed by atoms with Gasteiger partial charge in [-0.1, -0.05) is 40.8 Å². The molecule has 8 rings (SSSR count). The molecule has 4 heterocycles. The molecular formula is C45H50N12O3. The Morgan fingerprint density at radius 3 is 1.50 bits per heavy atom. The van der Waals surface area contributed by atoms with Crippen molar-refractivity contribution in [3.63, 3.8) is 0 Å². The first-order valence-electron chi connectivity index (χ1n) is 20.8. The van der Waals surface area contributed by atoms with Crippen molar-refractivity contribution in [1.29, 1.82) is 0 Å². The van der Waals surface area contributed by atoms with E-state index < -0.39 is 6.03 Å². The fourth-order valence-corrected chi connectivity index (χ4v) is 7.66. The molecule has 4 N–H and O–H groups in total. The Kier molecular flexibility index (Phi) is 12.9. The maximum Gasteiger partial charge on any atom is 0.323 e. The third-order valence-corrected chi connectivity index (χ3v) is 10.8. The van der Waals surface area contributed by atoms with Crippen LogP contribution in [0.2, 0.25) is 0 Å². The number of urea groups is 1. The first-order valence-corrected chi connectivity index (χ1v) is 20.8. The Morgan fingerprint density at radius 2 is 0.967 bits per heavy atom. The van der Waals surface area contributed by atoms with Crippen LogP contribution in [0.4, 0.5) is 27.5 Å². The molecule has 15 heteroatoms. The van der Waals surface area contributed by atoms with Crippen molar-refractivity contribution in [2.24, 2.45) is 0 Å². The zero-order valence-corrected chi connectivity index (χ0v) is 33.6. The quantitative estimate of drug-likeness (QED) is 0.0777. The van der Waals surface area contributed by atoms with Crippen molar-refractivity contribution in [1.82, 2.24) is 39.8 Å². The number of hydrogen-bond donors (Lipinski definition) is 4. The van der Waals surface area contributed by atoms with E-state index in [4.69, 9.17) is 0 Å². The minimum Gasteiger partial charge on any atom is -0.326 e. The Balaban J connectivity index is 0.825. The monoisotopic (exact) mass is 806 g/mol. The summed E-state index contributed by atoms with van der Waals surface area (Å²) in [6, 6.07) is 29.4. The van der Waals surface area contributed by atoms with Crippen molar-refractivity contribution < 1.29 is 14.4 Å². The Hall–Kier alpha value is -6.71. The molecule has 0 spiro atoms. The molecular weight excluding hydrogens is 757 g/mol. The van der Waals surface area contributed by atoms with Crippen LogP contribution in [0, 0.1) is 0 Å². The zero-order valence-electron chi connectivity index (χ0n) is 33.6. The number of aromatic nitrogens is 6. The molecule has 0 saturated carbocycles. The van der Waals surface area contributed by atoms with Gasteiger partial charge < -0.3 is 31.1 Å². The van der Waals surface area contributed by atoms with Gasteiger partial charge in [0.15, 0.2) is 0 Å². The summed E-state index contributed by atoms with van der Waals surface area (Å²) in [7, 11) is 0. The van der Waals surface area contributed by atoms with Gasteiger partial charge in [-0.05, 0) is 145 Å². The Morgan fingerprint density at radius 1 is 0.500 bits per heavy atom. The normalized spacial score (nSPS) is 14.3. The molecule has 0 atom stereocenters. The number of carbonyl (C=O) groups is 3. The van der Waals surface area contributed by atoms with Gasteiger partial charge in [-0.2, -0.15) is 0 Å². The fourth-order valence-electron chi connectivity index (χ4n) is 7.66. The van der Waals surface area contributed by atoms with Crippen molar-refractivity contribution in [3.8, 4) is 33.9 Å². The number of likely N-dealkylation sites (tertiary alicyclic amines) is 2. The fraction of sp³-hybridized carbons (Fsp3) is 0.311. The van der Waals surface area contributed by atoms with Gasteiger partial charge in [0.2, 0.25) is 11.8 Å². The van der Waals surface area contributed by atoms with E-state index in [1.165, 1.54) is 25.7 Å². The van der Waals surface area contributed by atoms with Crippen LogP contribution in [0.1, 0.15) is 51.4 Å². The maximum atomic E-state index is 13.1. The maximum absolute atomic E-state index is 13.1. The lowest BCUT2D eigenvalue weighted by Gasteiger charge is -2.14. The number of rotatable bonds is 16. The highest BCUT2D eigenvalue weighted by Crippen LogP contribution is 2.25. The van der Waals surface area contributed by atoms with Gasteiger partial charge >= 0.3 is 6.03 Å². The molecule has 2 aromatic heterocycles. The van der Waals surface area contributed by atoms with Gasteiger partial charge in [-0.15, -0.1) is 10.2 Å². The molecule has 60 heavy (non-hydrogen) atoms. The average Bonchev–Trinajstić information content (AvgIpc) is 4.11. The predicted octanol–water partition coefficient (Wildman–Crippen LogP) is 7.46. The number of hydrogen-bond acceptors (Lipinski definition) is 9. The Bertz CT molecular complexity index is 2400. The summed E-state index contributed by atoms with van der Waals surface area (Å²) in [5, 5.41) is 29.2. The number of nitrogens with zero attached hydrogens (tertiary/aromatic N) is 8. The van der Waals surface area contributed by atoms with E-state index in [2.05, 4.69) is 51.7 Å². The largest absolute Gasteiger partial charge is 0.326 e. The standard InChI is InChI=1S/C45H50N12O3/c58-43(16-8-26-54-22-1-2-23-54)46-35-18-20-39(21-19-35)56-31-41(50-52-56)33-10-5-12-36(28-33)48-45(60)49-37-13-6-11-34(29-37)42-32-57(53-51-42)40-15-7-14-38(30-40)47-44(59)17-9-27-55-24-3-4-25-55/h5-7,10-15,18-21,28-32H,1-4,8-9,16-17,22-27H2,(H,46,58)(H,47,59)(H2,48,49,60). The second kappa shape index (κ2) is 19.4. The molecule has 2 saturated heterocycles. The molecule has 0 bridgehead atoms. The van der Waals surface area contributed by atoms with Crippen LogP contribution in [0.15, 0.2) is 109 Å². The zero-order chi connectivity index (χ0) is 41.1. The summed E-state index contributed by atoms with van der Waals surface area (Å²) in [6.45, 7) is 6.46. The molecule has 2 aliphatic heterocycles. The van der Waals surface area contributed by atoms with Gasteiger partial charge in [0, 0.05) is 46.7 Å². The highest BCUT2D eigenvalue weighted by Gasteiger charge is 2.15. The molecule has 15 nitrogen and oxygen atoms in total. The molecule has 2 fully saturated rings. The van der Waals surface area contributed by atoms with Crippen LogP contribution in [-0.2, 0) is 9.59 Å². The van der Waals surface area contributed by atoms with Gasteiger partial charge in [0.05, 0.1) is 23.8 Å². The van der Waals surface area contributed by atoms with E-state index in [0.717, 1.165) is 80.3 Å². The summed E-state index contributed by atoms with van der Waals surface area (Å²) in [6.07, 6.45) is 11.3. The molecule has 2 aliphatic rings. The molecule has 0 radical (unpaired) electrons. The summed E-state index contributed by atoms with van der Waals surface area (Å²) >= 11 is 0. The van der Waals surface area contributed by atoms with E-state index in [-0.39, 0.29) is 11.8 Å².